The second-order valence-corrected chi connectivity index (χ2v) is 10.8. The van der Waals surface area contributed by atoms with E-state index < -0.39 is 21.2 Å². The van der Waals surface area contributed by atoms with E-state index in [2.05, 4.69) is 36.4 Å². The Hall–Kier alpha value is -3.26. The summed E-state index contributed by atoms with van der Waals surface area (Å²) in [5.74, 6) is -0.885. The first-order valence-corrected chi connectivity index (χ1v) is 13.3. The molecule has 1 aliphatic rings. The lowest BCUT2D eigenvalue weighted by Crippen LogP contribution is -2.47. The highest BCUT2D eigenvalue weighted by atomic mass is 32.2. The monoisotopic (exact) mass is 490 g/mol. The molecule has 1 unspecified atom stereocenters. The number of hydrogen-bond acceptors (Lipinski definition) is 4. The third-order valence-electron chi connectivity index (χ3n) is 6.43. The average molecular weight is 491 g/mol. The maximum Gasteiger partial charge on any atom is 0.263 e. The summed E-state index contributed by atoms with van der Waals surface area (Å²) in [4.78, 5) is 12.3. The molecule has 6 nitrogen and oxygen atoms in total. The molecular formula is C28H30N2O4S. The summed E-state index contributed by atoms with van der Waals surface area (Å²) in [5, 5.41) is 7.86. The number of sulfonamides is 1. The summed E-state index contributed by atoms with van der Waals surface area (Å²) in [6.45, 7) is 0.495. The molecule has 1 aliphatic heterocycles. The number of carbonyl (C=O) groups is 1. The largest absolute Gasteiger partial charge is 0.289 e. The van der Waals surface area contributed by atoms with Crippen molar-refractivity contribution in [3.05, 3.63) is 102 Å². The molecule has 182 valence electrons. The van der Waals surface area contributed by atoms with Crippen molar-refractivity contribution in [3.8, 4) is 11.1 Å². The van der Waals surface area contributed by atoms with Crippen LogP contribution in [-0.4, -0.2) is 42.2 Å². The number of amides is 1. The standard InChI is InChI=1S/C28H30N2O4S/c31-28(29-32)27(13-7-10-22-8-3-1-4-9-22)35(33,34)30-20-18-26(19-21-30)25-16-14-24(15-17-25)23-11-5-2-6-12-23/h1-6,8-9,11-12,14-18,27,32H,7,10,13,19-21H2,(H,29,31). The quantitative estimate of drug-likeness (QED) is 0.337. The van der Waals surface area contributed by atoms with Crippen LogP contribution >= 0.6 is 0 Å². The number of nitrogens with zero attached hydrogens (tertiary/aromatic N) is 1. The summed E-state index contributed by atoms with van der Waals surface area (Å²) in [6, 6.07) is 28.1. The van der Waals surface area contributed by atoms with E-state index in [9.17, 15) is 18.4 Å². The Morgan fingerprint density at radius 2 is 1.49 bits per heavy atom. The number of hydroxylamine groups is 1. The van der Waals surface area contributed by atoms with E-state index in [0.717, 1.165) is 27.8 Å². The number of benzene rings is 3. The molecule has 1 heterocycles. The molecule has 0 spiro atoms. The summed E-state index contributed by atoms with van der Waals surface area (Å²) in [7, 11) is -3.92. The van der Waals surface area contributed by atoms with Crippen LogP contribution in [-0.2, 0) is 21.2 Å². The Morgan fingerprint density at radius 1 is 0.886 bits per heavy atom. The highest BCUT2D eigenvalue weighted by Crippen LogP contribution is 2.28. The summed E-state index contributed by atoms with van der Waals surface area (Å²) in [6.07, 6.45) is 3.79. The van der Waals surface area contributed by atoms with Gasteiger partial charge >= 0.3 is 0 Å². The van der Waals surface area contributed by atoms with Gasteiger partial charge in [-0.15, -0.1) is 0 Å². The zero-order valence-corrected chi connectivity index (χ0v) is 20.3. The van der Waals surface area contributed by atoms with Crippen LogP contribution < -0.4 is 5.48 Å². The van der Waals surface area contributed by atoms with E-state index in [1.165, 1.54) is 4.31 Å². The number of carbonyl (C=O) groups excluding carboxylic acids is 1. The normalized spacial score (nSPS) is 15.3. The molecule has 0 saturated carbocycles. The van der Waals surface area contributed by atoms with E-state index in [1.54, 1.807) is 5.48 Å². The van der Waals surface area contributed by atoms with Gasteiger partial charge in [0.2, 0.25) is 10.0 Å². The van der Waals surface area contributed by atoms with E-state index in [0.29, 0.717) is 25.8 Å². The van der Waals surface area contributed by atoms with E-state index in [-0.39, 0.29) is 13.0 Å². The van der Waals surface area contributed by atoms with Gasteiger partial charge in [0.05, 0.1) is 0 Å². The molecule has 0 aromatic heterocycles. The topological polar surface area (TPSA) is 86.7 Å². The average Bonchev–Trinajstić information content (AvgIpc) is 2.92. The summed E-state index contributed by atoms with van der Waals surface area (Å²) < 4.78 is 27.9. The third kappa shape index (κ3) is 6.06. The van der Waals surface area contributed by atoms with Crippen LogP contribution in [0.15, 0.2) is 91.0 Å². The van der Waals surface area contributed by atoms with Gasteiger partial charge in [0.1, 0.15) is 0 Å². The van der Waals surface area contributed by atoms with Gasteiger partial charge < -0.3 is 0 Å². The fourth-order valence-electron chi connectivity index (χ4n) is 4.45. The lowest BCUT2D eigenvalue weighted by Gasteiger charge is -2.29. The molecule has 0 aliphatic carbocycles. The molecule has 0 bridgehead atoms. The van der Waals surface area contributed by atoms with Gasteiger partial charge in [-0.2, -0.15) is 4.31 Å². The Labute approximate surface area is 206 Å². The zero-order chi connectivity index (χ0) is 24.7. The summed E-state index contributed by atoms with van der Waals surface area (Å²) in [5.41, 5.74) is 7.06. The minimum absolute atomic E-state index is 0.137. The van der Waals surface area contributed by atoms with Gasteiger partial charge in [-0.3, -0.25) is 10.0 Å². The van der Waals surface area contributed by atoms with Gasteiger partial charge in [-0.1, -0.05) is 91.0 Å². The fourth-order valence-corrected chi connectivity index (χ4v) is 6.23. The van der Waals surface area contributed by atoms with Crippen molar-refractivity contribution < 1.29 is 18.4 Å². The molecule has 0 saturated heterocycles. The second kappa shape index (κ2) is 11.4. The van der Waals surface area contributed by atoms with Crippen LogP contribution in [0.4, 0.5) is 0 Å². The van der Waals surface area contributed by atoms with Gasteiger partial charge in [0, 0.05) is 13.1 Å². The van der Waals surface area contributed by atoms with Crippen LogP contribution in [0.1, 0.15) is 30.4 Å². The van der Waals surface area contributed by atoms with Crippen LogP contribution in [0, 0.1) is 0 Å². The smallest absolute Gasteiger partial charge is 0.263 e. The van der Waals surface area contributed by atoms with Crippen molar-refractivity contribution in [1.82, 2.24) is 9.79 Å². The molecule has 7 heteroatoms. The maximum atomic E-state index is 13.3. The number of nitrogens with one attached hydrogen (secondary N) is 1. The van der Waals surface area contributed by atoms with E-state index in [4.69, 9.17) is 0 Å². The molecule has 35 heavy (non-hydrogen) atoms. The molecule has 0 fully saturated rings. The molecule has 1 amide bonds. The van der Waals surface area contributed by atoms with Crippen molar-refractivity contribution in [3.63, 3.8) is 0 Å². The Bertz CT molecular complexity index is 1260. The second-order valence-electron chi connectivity index (χ2n) is 8.67. The lowest BCUT2D eigenvalue weighted by molar-refractivity contribution is -0.128. The molecule has 2 N–H and O–H groups in total. The molecular weight excluding hydrogens is 460 g/mol. The van der Waals surface area contributed by atoms with Crippen molar-refractivity contribution in [2.45, 2.75) is 30.9 Å². The predicted molar refractivity (Wildman–Crippen MR) is 138 cm³/mol. The number of aryl methyl sites for hydroxylation is 1. The van der Waals surface area contributed by atoms with Crippen molar-refractivity contribution in [2.75, 3.05) is 13.1 Å². The van der Waals surface area contributed by atoms with Crippen LogP contribution in [0.3, 0.4) is 0 Å². The highest BCUT2D eigenvalue weighted by molar-refractivity contribution is 7.90. The Morgan fingerprint density at radius 3 is 2.09 bits per heavy atom. The molecule has 0 radical (unpaired) electrons. The Balaban J connectivity index is 1.42. The first kappa shape index (κ1) is 24.9. The van der Waals surface area contributed by atoms with E-state index >= 15 is 0 Å². The first-order valence-electron chi connectivity index (χ1n) is 11.8. The zero-order valence-electron chi connectivity index (χ0n) is 19.5. The molecule has 3 aromatic carbocycles. The van der Waals surface area contributed by atoms with Crippen molar-refractivity contribution >= 4 is 21.5 Å². The highest BCUT2D eigenvalue weighted by Gasteiger charge is 2.37. The number of rotatable bonds is 9. The first-order chi connectivity index (χ1) is 17.0. The van der Waals surface area contributed by atoms with Gasteiger partial charge in [0.25, 0.3) is 5.91 Å². The molecule has 4 rings (SSSR count). The van der Waals surface area contributed by atoms with Crippen LogP contribution in [0.25, 0.3) is 16.7 Å². The van der Waals surface area contributed by atoms with Crippen molar-refractivity contribution in [1.29, 1.82) is 0 Å². The van der Waals surface area contributed by atoms with Gasteiger partial charge in [-0.05, 0) is 53.5 Å². The Kier molecular flexibility index (Phi) is 8.13. The van der Waals surface area contributed by atoms with Gasteiger partial charge in [-0.25, -0.2) is 13.9 Å². The number of hydrogen-bond donors (Lipinski definition) is 2. The van der Waals surface area contributed by atoms with Crippen LogP contribution in [0.2, 0.25) is 0 Å². The molecule has 3 aromatic rings. The van der Waals surface area contributed by atoms with Crippen molar-refractivity contribution in [2.24, 2.45) is 0 Å². The van der Waals surface area contributed by atoms with E-state index in [1.807, 2.05) is 54.6 Å². The fraction of sp³-hybridized carbons (Fsp3) is 0.250. The summed E-state index contributed by atoms with van der Waals surface area (Å²) >= 11 is 0. The minimum atomic E-state index is -3.92. The third-order valence-corrected chi connectivity index (χ3v) is 8.65. The lowest BCUT2D eigenvalue weighted by atomic mass is 9.97. The minimum Gasteiger partial charge on any atom is -0.289 e. The maximum absolute atomic E-state index is 13.3. The predicted octanol–water partition coefficient (Wildman–Crippen LogP) is 4.67. The molecule has 1 atom stereocenters. The van der Waals surface area contributed by atoms with Crippen LogP contribution in [0.5, 0.6) is 0 Å². The SMILES string of the molecule is O=C(NO)C(CCCc1ccccc1)S(=O)(=O)N1CC=C(c2ccc(-c3ccccc3)cc2)CC1. The van der Waals surface area contributed by atoms with Gasteiger partial charge in [0.15, 0.2) is 5.25 Å².